The summed E-state index contributed by atoms with van der Waals surface area (Å²) >= 11 is 2.47. The summed E-state index contributed by atoms with van der Waals surface area (Å²) in [4.78, 5) is 12.1. The number of amides is 1. The number of anilines is 1. The van der Waals surface area contributed by atoms with Gasteiger partial charge in [-0.1, -0.05) is 41.3 Å². The third-order valence-electron chi connectivity index (χ3n) is 3.54. The molecule has 2 aromatic carbocycles. The van der Waals surface area contributed by atoms with Crippen LogP contribution in [0.25, 0.3) is 0 Å². The van der Waals surface area contributed by atoms with Crippen molar-refractivity contribution in [3.8, 4) is 5.75 Å². The third-order valence-corrected chi connectivity index (χ3v) is 5.56. The average molecular weight is 407 g/mol. The van der Waals surface area contributed by atoms with E-state index in [-0.39, 0.29) is 12.3 Å². The van der Waals surface area contributed by atoms with Gasteiger partial charge < -0.3 is 10.1 Å². The Morgan fingerprint density at radius 1 is 1.19 bits per heavy atom. The zero-order valence-electron chi connectivity index (χ0n) is 14.2. The molecule has 0 aliphatic heterocycles. The van der Waals surface area contributed by atoms with Crippen LogP contribution in [0.4, 0.5) is 13.9 Å². The molecule has 1 aromatic heterocycles. The van der Waals surface area contributed by atoms with Gasteiger partial charge in [0.15, 0.2) is 4.34 Å². The number of aromatic nitrogens is 2. The fraction of sp³-hybridized carbons (Fsp3) is 0.167. The van der Waals surface area contributed by atoms with Crippen LogP contribution < -0.4 is 10.1 Å². The average Bonchev–Trinajstić information content (AvgIpc) is 3.09. The SMILES string of the molecule is COc1ccc(CC(=O)Nc2nnc(SCc3ccc(F)cc3F)s2)cc1. The molecule has 3 aromatic rings. The van der Waals surface area contributed by atoms with E-state index in [0.717, 1.165) is 17.4 Å². The van der Waals surface area contributed by atoms with Crippen molar-refractivity contribution >= 4 is 34.1 Å². The van der Waals surface area contributed by atoms with Crippen molar-refractivity contribution in [1.29, 1.82) is 0 Å². The fourth-order valence-electron chi connectivity index (χ4n) is 2.19. The predicted molar refractivity (Wildman–Crippen MR) is 101 cm³/mol. The van der Waals surface area contributed by atoms with Gasteiger partial charge in [0.2, 0.25) is 11.0 Å². The van der Waals surface area contributed by atoms with Gasteiger partial charge in [-0.2, -0.15) is 0 Å². The highest BCUT2D eigenvalue weighted by Crippen LogP contribution is 2.29. The number of hydrogen-bond donors (Lipinski definition) is 1. The lowest BCUT2D eigenvalue weighted by molar-refractivity contribution is -0.115. The Bertz CT molecular complexity index is 933. The Kier molecular flexibility index (Phi) is 6.36. The van der Waals surface area contributed by atoms with E-state index in [0.29, 0.717) is 20.8 Å². The van der Waals surface area contributed by atoms with Crippen LogP contribution in [-0.2, 0) is 17.0 Å². The normalized spacial score (nSPS) is 10.6. The number of halogens is 2. The summed E-state index contributed by atoms with van der Waals surface area (Å²) in [7, 11) is 1.58. The van der Waals surface area contributed by atoms with E-state index < -0.39 is 11.6 Å². The van der Waals surface area contributed by atoms with E-state index in [2.05, 4.69) is 15.5 Å². The number of thioether (sulfide) groups is 1. The maximum atomic E-state index is 13.6. The smallest absolute Gasteiger partial charge is 0.230 e. The lowest BCUT2D eigenvalue weighted by atomic mass is 10.1. The second kappa shape index (κ2) is 8.92. The Balaban J connectivity index is 1.53. The number of carbonyl (C=O) groups is 1. The van der Waals surface area contributed by atoms with Gasteiger partial charge in [-0.3, -0.25) is 4.79 Å². The molecule has 1 N–H and O–H groups in total. The van der Waals surface area contributed by atoms with Crippen molar-refractivity contribution in [1.82, 2.24) is 10.2 Å². The molecule has 0 spiro atoms. The maximum Gasteiger partial charge on any atom is 0.230 e. The van der Waals surface area contributed by atoms with Gasteiger partial charge in [-0.15, -0.1) is 10.2 Å². The fourth-order valence-corrected chi connectivity index (χ4v) is 3.94. The number of benzene rings is 2. The quantitative estimate of drug-likeness (QED) is 0.467. The summed E-state index contributed by atoms with van der Waals surface area (Å²) in [5, 5.41) is 10.9. The second-order valence-electron chi connectivity index (χ2n) is 5.47. The predicted octanol–water partition coefficient (Wildman–Crippen LogP) is 4.30. The van der Waals surface area contributed by atoms with Gasteiger partial charge in [0.1, 0.15) is 17.4 Å². The second-order valence-corrected chi connectivity index (χ2v) is 7.67. The van der Waals surface area contributed by atoms with Gasteiger partial charge in [-0.05, 0) is 29.3 Å². The standard InChI is InChI=1S/C18H15F2N3O2S2/c1-25-14-6-2-11(3-7-14)8-16(24)21-17-22-23-18(27-17)26-10-12-4-5-13(19)9-15(12)20/h2-7,9H,8,10H2,1H3,(H,21,22,24). The van der Waals surface area contributed by atoms with Crippen LogP contribution in [0.2, 0.25) is 0 Å². The van der Waals surface area contributed by atoms with E-state index in [1.807, 2.05) is 12.1 Å². The Hall–Kier alpha value is -2.52. The first-order chi connectivity index (χ1) is 13.0. The molecule has 0 bridgehead atoms. The zero-order chi connectivity index (χ0) is 19.2. The van der Waals surface area contributed by atoms with Crippen LogP contribution in [0.15, 0.2) is 46.8 Å². The first-order valence-corrected chi connectivity index (χ1v) is 9.66. The molecular formula is C18H15F2N3O2S2. The highest BCUT2D eigenvalue weighted by molar-refractivity contribution is 8.00. The molecule has 9 heteroatoms. The molecule has 0 aliphatic carbocycles. The van der Waals surface area contributed by atoms with Crippen molar-refractivity contribution in [2.45, 2.75) is 16.5 Å². The van der Waals surface area contributed by atoms with E-state index in [9.17, 15) is 13.6 Å². The highest BCUT2D eigenvalue weighted by Gasteiger charge is 2.11. The van der Waals surface area contributed by atoms with Crippen LogP contribution in [0.3, 0.4) is 0 Å². The van der Waals surface area contributed by atoms with Crippen molar-refractivity contribution in [2.24, 2.45) is 0 Å². The van der Waals surface area contributed by atoms with Crippen molar-refractivity contribution in [3.05, 3.63) is 65.2 Å². The van der Waals surface area contributed by atoms with Gasteiger partial charge >= 0.3 is 0 Å². The largest absolute Gasteiger partial charge is 0.497 e. The molecule has 1 heterocycles. The van der Waals surface area contributed by atoms with Crippen LogP contribution in [0.5, 0.6) is 5.75 Å². The number of rotatable bonds is 7. The van der Waals surface area contributed by atoms with Crippen molar-refractivity contribution in [2.75, 3.05) is 12.4 Å². The molecule has 27 heavy (non-hydrogen) atoms. The van der Waals surface area contributed by atoms with Crippen LogP contribution in [-0.4, -0.2) is 23.2 Å². The van der Waals surface area contributed by atoms with Gasteiger partial charge in [0.05, 0.1) is 13.5 Å². The van der Waals surface area contributed by atoms with Crippen molar-refractivity contribution < 1.29 is 18.3 Å². The number of methoxy groups -OCH3 is 1. The van der Waals surface area contributed by atoms with Crippen LogP contribution in [0, 0.1) is 11.6 Å². The lowest BCUT2D eigenvalue weighted by Gasteiger charge is -2.03. The summed E-state index contributed by atoms with van der Waals surface area (Å²) in [5.74, 6) is -0.403. The molecule has 0 unspecified atom stereocenters. The monoisotopic (exact) mass is 407 g/mol. The molecule has 1 amide bonds. The summed E-state index contributed by atoms with van der Waals surface area (Å²) in [5.41, 5.74) is 1.22. The zero-order valence-corrected chi connectivity index (χ0v) is 15.9. The van der Waals surface area contributed by atoms with Crippen LogP contribution >= 0.6 is 23.1 Å². The summed E-state index contributed by atoms with van der Waals surface area (Å²) in [6.07, 6.45) is 0.201. The van der Waals surface area contributed by atoms with E-state index in [1.165, 1.54) is 35.2 Å². The number of ether oxygens (including phenoxy) is 1. The Morgan fingerprint density at radius 2 is 1.96 bits per heavy atom. The van der Waals surface area contributed by atoms with Gasteiger partial charge in [0, 0.05) is 11.8 Å². The molecule has 0 saturated heterocycles. The highest BCUT2D eigenvalue weighted by atomic mass is 32.2. The Morgan fingerprint density at radius 3 is 2.67 bits per heavy atom. The molecule has 0 saturated carbocycles. The number of nitrogens with zero attached hydrogens (tertiary/aromatic N) is 2. The van der Waals surface area contributed by atoms with Crippen molar-refractivity contribution in [3.63, 3.8) is 0 Å². The number of hydrogen-bond acceptors (Lipinski definition) is 6. The topological polar surface area (TPSA) is 64.1 Å². The molecule has 140 valence electrons. The molecule has 0 aliphatic rings. The van der Waals surface area contributed by atoms with Crippen LogP contribution in [0.1, 0.15) is 11.1 Å². The van der Waals surface area contributed by atoms with E-state index in [4.69, 9.17) is 4.74 Å². The minimum absolute atomic E-state index is 0.201. The summed E-state index contributed by atoms with van der Waals surface area (Å²) < 4.78 is 32.2. The third kappa shape index (κ3) is 5.48. The first-order valence-electron chi connectivity index (χ1n) is 7.86. The maximum absolute atomic E-state index is 13.6. The van der Waals surface area contributed by atoms with E-state index >= 15 is 0 Å². The first kappa shape index (κ1) is 19.2. The number of carbonyl (C=O) groups excluding carboxylic acids is 1. The molecular weight excluding hydrogens is 392 g/mol. The minimum atomic E-state index is -0.612. The molecule has 0 fully saturated rings. The molecule has 0 radical (unpaired) electrons. The minimum Gasteiger partial charge on any atom is -0.497 e. The van der Waals surface area contributed by atoms with Gasteiger partial charge in [0.25, 0.3) is 0 Å². The molecule has 5 nitrogen and oxygen atoms in total. The van der Waals surface area contributed by atoms with Gasteiger partial charge in [-0.25, -0.2) is 8.78 Å². The molecule has 0 atom stereocenters. The summed E-state index contributed by atoms with van der Waals surface area (Å²) in [6, 6.07) is 10.7. The molecule has 3 rings (SSSR count). The summed E-state index contributed by atoms with van der Waals surface area (Å²) in [6.45, 7) is 0. The van der Waals surface area contributed by atoms with E-state index in [1.54, 1.807) is 19.2 Å². The number of nitrogens with one attached hydrogen (secondary N) is 1. The lowest BCUT2D eigenvalue weighted by Crippen LogP contribution is -2.14. The Labute approximate surface area is 162 Å².